The summed E-state index contributed by atoms with van der Waals surface area (Å²) in [6.45, 7) is 7.10. The van der Waals surface area contributed by atoms with Crippen molar-refractivity contribution in [2.45, 2.75) is 26.3 Å². The maximum absolute atomic E-state index is 5.44. The van der Waals surface area contributed by atoms with Crippen LogP contribution in [0.15, 0.2) is 24.3 Å². The first-order valence-electron chi connectivity index (χ1n) is 5.74. The number of aryl methyl sites for hydroxylation is 1. The van der Waals surface area contributed by atoms with Crippen LogP contribution in [0.2, 0.25) is 0 Å². The first kappa shape index (κ1) is 10.5. The predicted molar refractivity (Wildman–Crippen MR) is 63.4 cm³/mol. The number of ether oxygens (including phenoxy) is 1. The van der Waals surface area contributed by atoms with Crippen molar-refractivity contribution in [3.63, 3.8) is 0 Å². The van der Waals surface area contributed by atoms with Crippen molar-refractivity contribution in [3.05, 3.63) is 29.8 Å². The molecule has 0 radical (unpaired) electrons. The Kier molecular flexibility index (Phi) is 3.27. The summed E-state index contributed by atoms with van der Waals surface area (Å²) in [6, 6.07) is 9.38. The van der Waals surface area contributed by atoms with Crippen molar-refractivity contribution >= 4 is 5.69 Å². The average Bonchev–Trinajstić information content (AvgIpc) is 2.30. The van der Waals surface area contributed by atoms with Crippen LogP contribution in [0.4, 0.5) is 5.69 Å². The second kappa shape index (κ2) is 4.67. The summed E-state index contributed by atoms with van der Waals surface area (Å²) in [5.41, 5.74) is 2.72. The molecular formula is C13H19NO. The van der Waals surface area contributed by atoms with Gasteiger partial charge in [0.05, 0.1) is 13.2 Å². The molecule has 15 heavy (non-hydrogen) atoms. The highest BCUT2D eigenvalue weighted by atomic mass is 16.5. The van der Waals surface area contributed by atoms with Crippen LogP contribution in [0.5, 0.6) is 0 Å². The van der Waals surface area contributed by atoms with E-state index in [0.29, 0.717) is 6.04 Å². The van der Waals surface area contributed by atoms with Gasteiger partial charge in [0.25, 0.3) is 0 Å². The number of morpholine rings is 1. The smallest absolute Gasteiger partial charge is 0.0668 e. The molecular weight excluding hydrogens is 186 g/mol. The Balaban J connectivity index is 2.13. The standard InChI is InChI=1S/C13H19NO/c1-3-12-4-6-13(7-5-12)14-8-9-15-10-11(14)2/h4-7,11H,3,8-10H2,1-2H3/t11-/m0/s1. The number of nitrogens with zero attached hydrogens (tertiary/aromatic N) is 1. The van der Waals surface area contributed by atoms with E-state index in [2.05, 4.69) is 43.0 Å². The van der Waals surface area contributed by atoms with Crippen molar-refractivity contribution in [3.8, 4) is 0 Å². The third-order valence-corrected chi connectivity index (χ3v) is 3.04. The van der Waals surface area contributed by atoms with Gasteiger partial charge in [0.1, 0.15) is 0 Å². The van der Waals surface area contributed by atoms with E-state index in [0.717, 1.165) is 26.2 Å². The number of hydrogen-bond acceptors (Lipinski definition) is 2. The third kappa shape index (κ3) is 2.32. The molecule has 2 nitrogen and oxygen atoms in total. The molecule has 0 amide bonds. The molecule has 1 aromatic rings. The van der Waals surface area contributed by atoms with Gasteiger partial charge < -0.3 is 9.64 Å². The zero-order valence-corrected chi connectivity index (χ0v) is 9.57. The van der Waals surface area contributed by atoms with Crippen LogP contribution in [0.3, 0.4) is 0 Å². The Morgan fingerprint density at radius 3 is 2.67 bits per heavy atom. The molecule has 0 N–H and O–H groups in total. The molecule has 2 rings (SSSR count). The van der Waals surface area contributed by atoms with Crippen LogP contribution in [0, 0.1) is 0 Å². The molecule has 82 valence electrons. The number of rotatable bonds is 2. The van der Waals surface area contributed by atoms with E-state index in [1.54, 1.807) is 0 Å². The lowest BCUT2D eigenvalue weighted by molar-refractivity contribution is 0.0989. The largest absolute Gasteiger partial charge is 0.377 e. The monoisotopic (exact) mass is 205 g/mol. The normalized spacial score (nSPS) is 21.7. The molecule has 1 aromatic carbocycles. The lowest BCUT2D eigenvalue weighted by atomic mass is 10.1. The van der Waals surface area contributed by atoms with Crippen LogP contribution in [0.25, 0.3) is 0 Å². The summed E-state index contributed by atoms with van der Waals surface area (Å²) < 4.78 is 5.44. The summed E-state index contributed by atoms with van der Waals surface area (Å²) in [5.74, 6) is 0. The Hall–Kier alpha value is -1.02. The van der Waals surface area contributed by atoms with Gasteiger partial charge in [0, 0.05) is 18.3 Å². The highest BCUT2D eigenvalue weighted by Gasteiger charge is 2.18. The Labute approximate surface area is 91.9 Å². The summed E-state index contributed by atoms with van der Waals surface area (Å²) in [4.78, 5) is 2.42. The molecule has 1 aliphatic rings. The van der Waals surface area contributed by atoms with Crippen LogP contribution in [-0.2, 0) is 11.2 Å². The molecule has 1 saturated heterocycles. The van der Waals surface area contributed by atoms with Crippen LogP contribution < -0.4 is 4.90 Å². The van der Waals surface area contributed by atoms with Crippen molar-refractivity contribution in [1.82, 2.24) is 0 Å². The summed E-state index contributed by atoms with van der Waals surface area (Å²) in [5, 5.41) is 0. The van der Waals surface area contributed by atoms with E-state index in [9.17, 15) is 0 Å². The second-order valence-corrected chi connectivity index (χ2v) is 4.14. The van der Waals surface area contributed by atoms with Gasteiger partial charge in [-0.1, -0.05) is 19.1 Å². The highest BCUT2D eigenvalue weighted by Crippen LogP contribution is 2.20. The number of hydrogen-bond donors (Lipinski definition) is 0. The Morgan fingerprint density at radius 2 is 2.07 bits per heavy atom. The molecule has 0 aliphatic carbocycles. The fourth-order valence-electron chi connectivity index (χ4n) is 2.03. The van der Waals surface area contributed by atoms with Gasteiger partial charge in [-0.3, -0.25) is 0 Å². The van der Waals surface area contributed by atoms with E-state index >= 15 is 0 Å². The van der Waals surface area contributed by atoms with Gasteiger partial charge in [0.15, 0.2) is 0 Å². The maximum Gasteiger partial charge on any atom is 0.0668 e. The minimum atomic E-state index is 0.492. The van der Waals surface area contributed by atoms with Crippen molar-refractivity contribution in [2.75, 3.05) is 24.7 Å². The minimum Gasteiger partial charge on any atom is -0.377 e. The molecule has 1 aliphatic heterocycles. The van der Waals surface area contributed by atoms with E-state index in [1.165, 1.54) is 11.3 Å². The Bertz CT molecular complexity index is 307. The van der Waals surface area contributed by atoms with E-state index in [-0.39, 0.29) is 0 Å². The van der Waals surface area contributed by atoms with Crippen LogP contribution >= 0.6 is 0 Å². The van der Waals surface area contributed by atoms with E-state index in [4.69, 9.17) is 4.74 Å². The lowest BCUT2D eigenvalue weighted by Crippen LogP contribution is -2.43. The van der Waals surface area contributed by atoms with Gasteiger partial charge in [-0.15, -0.1) is 0 Å². The first-order valence-corrected chi connectivity index (χ1v) is 5.74. The minimum absolute atomic E-state index is 0.492. The van der Waals surface area contributed by atoms with Crippen LogP contribution in [0.1, 0.15) is 19.4 Å². The quantitative estimate of drug-likeness (QED) is 0.735. The average molecular weight is 205 g/mol. The van der Waals surface area contributed by atoms with Gasteiger partial charge in [0.2, 0.25) is 0 Å². The van der Waals surface area contributed by atoms with Gasteiger partial charge in [-0.05, 0) is 31.0 Å². The second-order valence-electron chi connectivity index (χ2n) is 4.14. The third-order valence-electron chi connectivity index (χ3n) is 3.04. The SMILES string of the molecule is CCc1ccc(N2CCOC[C@@H]2C)cc1. The van der Waals surface area contributed by atoms with Gasteiger partial charge >= 0.3 is 0 Å². The van der Waals surface area contributed by atoms with Crippen molar-refractivity contribution in [2.24, 2.45) is 0 Å². The van der Waals surface area contributed by atoms with Crippen LogP contribution in [-0.4, -0.2) is 25.8 Å². The lowest BCUT2D eigenvalue weighted by Gasteiger charge is -2.35. The molecule has 1 atom stereocenters. The van der Waals surface area contributed by atoms with E-state index in [1.807, 2.05) is 0 Å². The van der Waals surface area contributed by atoms with Gasteiger partial charge in [-0.2, -0.15) is 0 Å². The molecule has 0 spiro atoms. The number of anilines is 1. The Morgan fingerprint density at radius 1 is 1.33 bits per heavy atom. The molecule has 0 unspecified atom stereocenters. The first-order chi connectivity index (χ1) is 7.31. The van der Waals surface area contributed by atoms with Crippen molar-refractivity contribution < 1.29 is 4.74 Å². The molecule has 1 heterocycles. The molecule has 0 saturated carbocycles. The molecule has 0 aromatic heterocycles. The molecule has 0 bridgehead atoms. The van der Waals surface area contributed by atoms with Gasteiger partial charge in [-0.25, -0.2) is 0 Å². The zero-order chi connectivity index (χ0) is 10.7. The topological polar surface area (TPSA) is 12.5 Å². The number of benzene rings is 1. The fourth-order valence-corrected chi connectivity index (χ4v) is 2.03. The maximum atomic E-state index is 5.44. The fraction of sp³-hybridized carbons (Fsp3) is 0.538. The summed E-state index contributed by atoms with van der Waals surface area (Å²) in [6.07, 6.45) is 1.11. The molecule has 1 fully saturated rings. The summed E-state index contributed by atoms with van der Waals surface area (Å²) in [7, 11) is 0. The summed E-state index contributed by atoms with van der Waals surface area (Å²) >= 11 is 0. The van der Waals surface area contributed by atoms with E-state index < -0.39 is 0 Å². The predicted octanol–water partition coefficient (Wildman–Crippen LogP) is 2.47. The molecule has 2 heteroatoms. The van der Waals surface area contributed by atoms with Crippen molar-refractivity contribution in [1.29, 1.82) is 0 Å². The zero-order valence-electron chi connectivity index (χ0n) is 9.57. The highest BCUT2D eigenvalue weighted by molar-refractivity contribution is 5.48.